The number of hydrogen-bond acceptors (Lipinski definition) is 3. The summed E-state index contributed by atoms with van der Waals surface area (Å²) in [6, 6.07) is 17.5. The van der Waals surface area contributed by atoms with Gasteiger partial charge in [-0.1, -0.05) is 42.5 Å². The van der Waals surface area contributed by atoms with E-state index in [9.17, 15) is 4.79 Å². The topological polar surface area (TPSA) is 39.2 Å². The standard InChI is InChI=1S/C18H15NO2/c1-12-7-6-10-15-17(12)14(18(20)21-2)11-16(19-15)13-8-4-3-5-9-13/h3-11H,1-2H3. The molecular weight excluding hydrogens is 262 g/mol. The maximum atomic E-state index is 12.1. The van der Waals surface area contributed by atoms with Gasteiger partial charge in [0.15, 0.2) is 0 Å². The number of nitrogens with zero attached hydrogens (tertiary/aromatic N) is 1. The summed E-state index contributed by atoms with van der Waals surface area (Å²) >= 11 is 0. The number of methoxy groups -OCH3 is 1. The minimum atomic E-state index is -0.339. The predicted molar refractivity (Wildman–Crippen MR) is 83.3 cm³/mol. The third kappa shape index (κ3) is 2.38. The van der Waals surface area contributed by atoms with Crippen molar-refractivity contribution in [2.24, 2.45) is 0 Å². The maximum Gasteiger partial charge on any atom is 0.338 e. The molecule has 3 rings (SSSR count). The zero-order valence-corrected chi connectivity index (χ0v) is 12.0. The molecule has 0 aliphatic carbocycles. The first-order chi connectivity index (χ1) is 10.2. The minimum Gasteiger partial charge on any atom is -0.465 e. The van der Waals surface area contributed by atoms with Crippen LogP contribution in [-0.4, -0.2) is 18.1 Å². The average molecular weight is 277 g/mol. The third-order valence-corrected chi connectivity index (χ3v) is 3.52. The van der Waals surface area contributed by atoms with Gasteiger partial charge in [-0.25, -0.2) is 9.78 Å². The molecule has 3 heteroatoms. The number of pyridine rings is 1. The second-order valence-corrected chi connectivity index (χ2v) is 4.88. The van der Waals surface area contributed by atoms with Gasteiger partial charge in [0.25, 0.3) is 0 Å². The minimum absolute atomic E-state index is 0.339. The van der Waals surface area contributed by atoms with Gasteiger partial charge in [-0.05, 0) is 24.6 Å². The van der Waals surface area contributed by atoms with Crippen LogP contribution >= 0.6 is 0 Å². The van der Waals surface area contributed by atoms with Crippen LogP contribution < -0.4 is 0 Å². The number of benzene rings is 2. The van der Waals surface area contributed by atoms with Crippen molar-refractivity contribution in [2.45, 2.75) is 6.92 Å². The lowest BCUT2D eigenvalue weighted by molar-refractivity contribution is 0.0603. The van der Waals surface area contributed by atoms with Crippen molar-refractivity contribution >= 4 is 16.9 Å². The number of aryl methyl sites for hydroxylation is 1. The molecule has 0 bridgehead atoms. The van der Waals surface area contributed by atoms with Crippen molar-refractivity contribution in [3.05, 3.63) is 65.7 Å². The molecule has 0 fully saturated rings. The van der Waals surface area contributed by atoms with Crippen molar-refractivity contribution in [1.29, 1.82) is 0 Å². The van der Waals surface area contributed by atoms with Crippen molar-refractivity contribution in [3.8, 4) is 11.3 Å². The van der Waals surface area contributed by atoms with Gasteiger partial charge in [0.05, 0.1) is 23.9 Å². The smallest absolute Gasteiger partial charge is 0.338 e. The molecule has 0 radical (unpaired) electrons. The average Bonchev–Trinajstić information content (AvgIpc) is 2.54. The number of fused-ring (bicyclic) bond motifs is 1. The summed E-state index contributed by atoms with van der Waals surface area (Å²) in [5.41, 5.74) is 4.12. The molecule has 3 aromatic rings. The van der Waals surface area contributed by atoms with Gasteiger partial charge in [-0.2, -0.15) is 0 Å². The first kappa shape index (κ1) is 13.3. The fourth-order valence-electron chi connectivity index (χ4n) is 2.49. The van der Waals surface area contributed by atoms with E-state index in [1.165, 1.54) is 7.11 Å². The molecule has 0 atom stereocenters. The van der Waals surface area contributed by atoms with Crippen LogP contribution in [0.15, 0.2) is 54.6 Å². The molecule has 0 aliphatic heterocycles. The molecule has 0 amide bonds. The SMILES string of the molecule is COC(=O)c1cc(-c2ccccc2)nc2cccc(C)c12. The van der Waals surface area contributed by atoms with Gasteiger partial charge in [0, 0.05) is 10.9 Å². The summed E-state index contributed by atoms with van der Waals surface area (Å²) in [5, 5.41) is 0.851. The van der Waals surface area contributed by atoms with Crippen LogP contribution in [0.2, 0.25) is 0 Å². The van der Waals surface area contributed by atoms with E-state index in [0.29, 0.717) is 5.56 Å². The number of carbonyl (C=O) groups is 1. The number of carbonyl (C=O) groups excluding carboxylic acids is 1. The van der Waals surface area contributed by atoms with E-state index in [0.717, 1.165) is 27.7 Å². The summed E-state index contributed by atoms with van der Waals surface area (Å²) in [4.78, 5) is 16.8. The van der Waals surface area contributed by atoms with Gasteiger partial charge >= 0.3 is 5.97 Å². The Morgan fingerprint density at radius 1 is 1.05 bits per heavy atom. The van der Waals surface area contributed by atoms with E-state index in [-0.39, 0.29) is 5.97 Å². The van der Waals surface area contributed by atoms with Crippen LogP contribution in [0, 0.1) is 6.92 Å². The molecule has 0 spiro atoms. The Hall–Kier alpha value is -2.68. The lowest BCUT2D eigenvalue weighted by Gasteiger charge is -2.10. The molecule has 0 N–H and O–H groups in total. The summed E-state index contributed by atoms with van der Waals surface area (Å²) < 4.78 is 4.92. The Morgan fingerprint density at radius 3 is 2.52 bits per heavy atom. The first-order valence-corrected chi connectivity index (χ1v) is 6.75. The molecule has 2 aromatic carbocycles. The highest BCUT2D eigenvalue weighted by Crippen LogP contribution is 2.27. The number of ether oxygens (including phenoxy) is 1. The number of aromatic nitrogens is 1. The lowest BCUT2D eigenvalue weighted by atomic mass is 10.0. The van der Waals surface area contributed by atoms with Crippen molar-refractivity contribution in [1.82, 2.24) is 4.98 Å². The monoisotopic (exact) mass is 277 g/mol. The Labute approximate surface area is 123 Å². The largest absolute Gasteiger partial charge is 0.465 e. The Morgan fingerprint density at radius 2 is 1.81 bits per heavy atom. The van der Waals surface area contributed by atoms with E-state index in [4.69, 9.17) is 4.74 Å². The summed E-state index contributed by atoms with van der Waals surface area (Å²) in [6.07, 6.45) is 0. The fraction of sp³-hybridized carbons (Fsp3) is 0.111. The van der Waals surface area contributed by atoms with Crippen LogP contribution in [0.25, 0.3) is 22.2 Å². The first-order valence-electron chi connectivity index (χ1n) is 6.75. The van der Waals surface area contributed by atoms with E-state index < -0.39 is 0 Å². The van der Waals surface area contributed by atoms with Crippen molar-refractivity contribution in [2.75, 3.05) is 7.11 Å². The highest BCUT2D eigenvalue weighted by atomic mass is 16.5. The van der Waals surface area contributed by atoms with Gasteiger partial charge in [-0.15, -0.1) is 0 Å². The summed E-state index contributed by atoms with van der Waals surface area (Å²) in [6.45, 7) is 1.97. The van der Waals surface area contributed by atoms with Crippen LogP contribution in [0.4, 0.5) is 0 Å². The van der Waals surface area contributed by atoms with Gasteiger partial charge < -0.3 is 4.74 Å². The Balaban J connectivity index is 2.33. The highest BCUT2D eigenvalue weighted by Gasteiger charge is 2.15. The van der Waals surface area contributed by atoms with Gasteiger partial charge in [0.1, 0.15) is 0 Å². The third-order valence-electron chi connectivity index (χ3n) is 3.52. The molecule has 0 unspecified atom stereocenters. The highest BCUT2D eigenvalue weighted by molar-refractivity contribution is 6.05. The van der Waals surface area contributed by atoms with Gasteiger partial charge in [-0.3, -0.25) is 0 Å². The zero-order valence-electron chi connectivity index (χ0n) is 12.0. The zero-order chi connectivity index (χ0) is 14.8. The van der Waals surface area contributed by atoms with E-state index in [1.807, 2.05) is 55.5 Å². The molecule has 104 valence electrons. The van der Waals surface area contributed by atoms with Crippen molar-refractivity contribution in [3.63, 3.8) is 0 Å². The second kappa shape index (κ2) is 5.37. The molecule has 0 saturated carbocycles. The number of esters is 1. The molecular formula is C18H15NO2. The Bertz CT molecular complexity index is 810. The van der Waals surface area contributed by atoms with Crippen LogP contribution in [0.3, 0.4) is 0 Å². The van der Waals surface area contributed by atoms with E-state index in [1.54, 1.807) is 6.07 Å². The molecule has 0 saturated heterocycles. The van der Waals surface area contributed by atoms with Gasteiger partial charge in [0.2, 0.25) is 0 Å². The predicted octanol–water partition coefficient (Wildman–Crippen LogP) is 4.00. The fourth-order valence-corrected chi connectivity index (χ4v) is 2.49. The summed E-state index contributed by atoms with van der Waals surface area (Å²) in [7, 11) is 1.40. The quantitative estimate of drug-likeness (QED) is 0.665. The van der Waals surface area contributed by atoms with Crippen LogP contribution in [0.1, 0.15) is 15.9 Å². The molecule has 3 nitrogen and oxygen atoms in total. The van der Waals surface area contributed by atoms with Crippen LogP contribution in [-0.2, 0) is 4.74 Å². The molecule has 21 heavy (non-hydrogen) atoms. The number of rotatable bonds is 2. The normalized spacial score (nSPS) is 10.6. The lowest BCUT2D eigenvalue weighted by Crippen LogP contribution is -2.04. The maximum absolute atomic E-state index is 12.1. The van der Waals surface area contributed by atoms with Crippen molar-refractivity contribution < 1.29 is 9.53 Å². The summed E-state index contributed by atoms with van der Waals surface area (Å²) in [5.74, 6) is -0.339. The number of hydrogen-bond donors (Lipinski definition) is 0. The van der Waals surface area contributed by atoms with Crippen LogP contribution in [0.5, 0.6) is 0 Å². The molecule has 1 aromatic heterocycles. The molecule has 1 heterocycles. The molecule has 0 aliphatic rings. The van der Waals surface area contributed by atoms with E-state index >= 15 is 0 Å². The Kier molecular flexibility index (Phi) is 3.40. The van der Waals surface area contributed by atoms with E-state index in [2.05, 4.69) is 4.98 Å². The second-order valence-electron chi connectivity index (χ2n) is 4.88.